The van der Waals surface area contributed by atoms with Gasteiger partial charge in [-0.3, -0.25) is 0 Å². The maximum Gasteiger partial charge on any atom is 0.119 e. The van der Waals surface area contributed by atoms with Crippen LogP contribution in [0.25, 0.3) is 0 Å². The third kappa shape index (κ3) is 4.87. The molecule has 1 saturated carbocycles. The Labute approximate surface area is 117 Å². The number of benzene rings is 1. The number of hydrogen-bond donors (Lipinski definition) is 1. The predicted molar refractivity (Wildman–Crippen MR) is 80.5 cm³/mol. The molecule has 1 aromatic carbocycles. The molecular weight excluding hydrogens is 234 g/mol. The molecule has 0 aromatic heterocycles. The van der Waals surface area contributed by atoms with Gasteiger partial charge in [0.1, 0.15) is 5.75 Å². The maximum absolute atomic E-state index is 6.09. The SMILES string of the molecule is CCC(N)Cc1ccc(OC2CCCCCC2)cc1. The summed E-state index contributed by atoms with van der Waals surface area (Å²) in [6.45, 7) is 2.13. The van der Waals surface area contributed by atoms with Gasteiger partial charge in [0.25, 0.3) is 0 Å². The van der Waals surface area contributed by atoms with E-state index in [1.54, 1.807) is 0 Å². The third-order valence-corrected chi connectivity index (χ3v) is 4.05. The highest BCUT2D eigenvalue weighted by atomic mass is 16.5. The Balaban J connectivity index is 1.87. The summed E-state index contributed by atoms with van der Waals surface area (Å²) < 4.78 is 6.09. The van der Waals surface area contributed by atoms with E-state index in [0.717, 1.165) is 18.6 Å². The minimum atomic E-state index is 0.272. The first-order valence-corrected chi connectivity index (χ1v) is 7.79. The lowest BCUT2D eigenvalue weighted by molar-refractivity contribution is 0.183. The highest BCUT2D eigenvalue weighted by molar-refractivity contribution is 5.28. The molecule has 1 atom stereocenters. The summed E-state index contributed by atoms with van der Waals surface area (Å²) in [5, 5.41) is 0. The third-order valence-electron chi connectivity index (χ3n) is 4.05. The average Bonchev–Trinajstić information content (AvgIpc) is 2.69. The second kappa shape index (κ2) is 7.54. The van der Waals surface area contributed by atoms with Crippen LogP contribution in [0.5, 0.6) is 5.75 Å². The van der Waals surface area contributed by atoms with Crippen LogP contribution >= 0.6 is 0 Å². The van der Waals surface area contributed by atoms with Gasteiger partial charge in [-0.15, -0.1) is 0 Å². The van der Waals surface area contributed by atoms with E-state index >= 15 is 0 Å². The van der Waals surface area contributed by atoms with E-state index in [-0.39, 0.29) is 6.04 Å². The molecule has 2 heteroatoms. The Hall–Kier alpha value is -1.02. The van der Waals surface area contributed by atoms with E-state index in [0.29, 0.717) is 6.10 Å². The fourth-order valence-corrected chi connectivity index (χ4v) is 2.70. The lowest BCUT2D eigenvalue weighted by atomic mass is 10.0. The highest BCUT2D eigenvalue weighted by Crippen LogP contribution is 2.23. The largest absolute Gasteiger partial charge is 0.490 e. The first kappa shape index (κ1) is 14.4. The van der Waals surface area contributed by atoms with Crippen LogP contribution in [0, 0.1) is 0 Å². The van der Waals surface area contributed by atoms with Crippen molar-refractivity contribution in [3.05, 3.63) is 29.8 Å². The lowest BCUT2D eigenvalue weighted by Gasteiger charge is -2.17. The Kier molecular flexibility index (Phi) is 5.71. The molecule has 1 aromatic rings. The summed E-state index contributed by atoms with van der Waals surface area (Å²) in [5.41, 5.74) is 7.29. The smallest absolute Gasteiger partial charge is 0.119 e. The van der Waals surface area contributed by atoms with Crippen LogP contribution in [0.4, 0.5) is 0 Å². The molecule has 0 amide bonds. The Bertz CT molecular complexity index is 352. The van der Waals surface area contributed by atoms with E-state index < -0.39 is 0 Å². The van der Waals surface area contributed by atoms with Crippen molar-refractivity contribution in [2.24, 2.45) is 5.73 Å². The second-order valence-corrected chi connectivity index (χ2v) is 5.75. The van der Waals surface area contributed by atoms with Crippen LogP contribution in [-0.4, -0.2) is 12.1 Å². The molecule has 0 radical (unpaired) electrons. The molecular formula is C17H27NO. The molecule has 1 aliphatic carbocycles. The Morgan fingerprint density at radius 3 is 2.32 bits per heavy atom. The lowest BCUT2D eigenvalue weighted by Crippen LogP contribution is -2.21. The van der Waals surface area contributed by atoms with Gasteiger partial charge in [0.05, 0.1) is 6.10 Å². The molecule has 0 saturated heterocycles. The summed E-state index contributed by atoms with van der Waals surface area (Å²) in [4.78, 5) is 0. The molecule has 0 spiro atoms. The zero-order valence-electron chi connectivity index (χ0n) is 12.1. The van der Waals surface area contributed by atoms with Gasteiger partial charge in [0, 0.05) is 6.04 Å². The van der Waals surface area contributed by atoms with E-state index in [2.05, 4.69) is 31.2 Å². The molecule has 2 N–H and O–H groups in total. The number of rotatable bonds is 5. The van der Waals surface area contributed by atoms with Gasteiger partial charge in [0.15, 0.2) is 0 Å². The van der Waals surface area contributed by atoms with Crippen molar-refractivity contribution in [2.45, 2.75) is 70.4 Å². The molecule has 1 fully saturated rings. The van der Waals surface area contributed by atoms with Gasteiger partial charge in [-0.1, -0.05) is 31.9 Å². The van der Waals surface area contributed by atoms with Gasteiger partial charge in [-0.05, 0) is 56.2 Å². The van der Waals surface area contributed by atoms with Crippen molar-refractivity contribution >= 4 is 0 Å². The summed E-state index contributed by atoms with van der Waals surface area (Å²) >= 11 is 0. The maximum atomic E-state index is 6.09. The first-order chi connectivity index (χ1) is 9.28. The van der Waals surface area contributed by atoms with Crippen molar-refractivity contribution in [1.82, 2.24) is 0 Å². The average molecular weight is 261 g/mol. The highest BCUT2D eigenvalue weighted by Gasteiger charge is 2.13. The van der Waals surface area contributed by atoms with Crippen molar-refractivity contribution in [3.8, 4) is 5.75 Å². The van der Waals surface area contributed by atoms with Gasteiger partial charge in [-0.25, -0.2) is 0 Å². The molecule has 19 heavy (non-hydrogen) atoms. The van der Waals surface area contributed by atoms with E-state index in [9.17, 15) is 0 Å². The van der Waals surface area contributed by atoms with E-state index in [4.69, 9.17) is 10.5 Å². The van der Waals surface area contributed by atoms with Gasteiger partial charge < -0.3 is 10.5 Å². The standard InChI is InChI=1S/C17H27NO/c1-2-15(18)13-14-9-11-17(12-10-14)19-16-7-5-3-4-6-8-16/h9-12,15-16H,2-8,13,18H2,1H3. The van der Waals surface area contributed by atoms with E-state index in [1.165, 1.54) is 44.1 Å². The van der Waals surface area contributed by atoms with Crippen molar-refractivity contribution in [1.29, 1.82) is 0 Å². The molecule has 2 rings (SSSR count). The predicted octanol–water partition coefficient (Wildman–Crippen LogP) is 4.07. The summed E-state index contributed by atoms with van der Waals surface area (Å²) in [5.74, 6) is 1.01. The van der Waals surface area contributed by atoms with Gasteiger partial charge in [-0.2, -0.15) is 0 Å². The summed E-state index contributed by atoms with van der Waals surface area (Å²) in [6, 6.07) is 8.78. The molecule has 0 aliphatic heterocycles. The van der Waals surface area contributed by atoms with Gasteiger partial charge >= 0.3 is 0 Å². The molecule has 1 unspecified atom stereocenters. The van der Waals surface area contributed by atoms with Crippen molar-refractivity contribution in [3.63, 3.8) is 0 Å². The molecule has 2 nitrogen and oxygen atoms in total. The number of hydrogen-bond acceptors (Lipinski definition) is 2. The normalized spacial score (nSPS) is 18.8. The monoisotopic (exact) mass is 261 g/mol. The zero-order valence-corrected chi connectivity index (χ0v) is 12.1. The van der Waals surface area contributed by atoms with Crippen LogP contribution in [0.1, 0.15) is 57.4 Å². The van der Waals surface area contributed by atoms with Crippen LogP contribution in [0.3, 0.4) is 0 Å². The first-order valence-electron chi connectivity index (χ1n) is 7.79. The summed E-state index contributed by atoms with van der Waals surface area (Å²) in [7, 11) is 0. The minimum Gasteiger partial charge on any atom is -0.490 e. The number of nitrogens with two attached hydrogens (primary N) is 1. The fraction of sp³-hybridized carbons (Fsp3) is 0.647. The second-order valence-electron chi connectivity index (χ2n) is 5.75. The van der Waals surface area contributed by atoms with Crippen molar-refractivity contribution < 1.29 is 4.74 Å². The van der Waals surface area contributed by atoms with Crippen LogP contribution in [-0.2, 0) is 6.42 Å². The quantitative estimate of drug-likeness (QED) is 0.811. The fourth-order valence-electron chi connectivity index (χ4n) is 2.70. The van der Waals surface area contributed by atoms with Crippen molar-refractivity contribution in [2.75, 3.05) is 0 Å². The van der Waals surface area contributed by atoms with Crippen LogP contribution in [0.15, 0.2) is 24.3 Å². The molecule has 0 bridgehead atoms. The minimum absolute atomic E-state index is 0.272. The van der Waals surface area contributed by atoms with Crippen LogP contribution < -0.4 is 10.5 Å². The topological polar surface area (TPSA) is 35.2 Å². The summed E-state index contributed by atoms with van der Waals surface area (Å²) in [6.07, 6.45) is 10.2. The van der Waals surface area contributed by atoms with Gasteiger partial charge in [0.2, 0.25) is 0 Å². The molecule has 106 valence electrons. The molecule has 1 aliphatic rings. The molecule has 0 heterocycles. The Morgan fingerprint density at radius 1 is 1.11 bits per heavy atom. The number of ether oxygens (including phenoxy) is 1. The zero-order chi connectivity index (χ0) is 13.5. The van der Waals surface area contributed by atoms with Crippen LogP contribution in [0.2, 0.25) is 0 Å². The Morgan fingerprint density at radius 2 is 1.74 bits per heavy atom. The van der Waals surface area contributed by atoms with E-state index in [1.807, 2.05) is 0 Å².